The molecule has 2 aromatic rings. The highest BCUT2D eigenvalue weighted by molar-refractivity contribution is 5.66. The Labute approximate surface area is 184 Å². The Morgan fingerprint density at radius 1 is 0.935 bits per heavy atom. The van der Waals surface area contributed by atoms with E-state index in [4.69, 9.17) is 4.84 Å². The highest BCUT2D eigenvalue weighted by Crippen LogP contribution is 2.28. The second kappa shape index (κ2) is 10.7. The summed E-state index contributed by atoms with van der Waals surface area (Å²) in [4.78, 5) is 20.1. The van der Waals surface area contributed by atoms with Crippen LogP contribution in [0.3, 0.4) is 0 Å². The molecule has 0 aliphatic carbocycles. The highest BCUT2D eigenvalue weighted by atomic mass is 19.1. The lowest BCUT2D eigenvalue weighted by Gasteiger charge is -2.30. The molecule has 1 amide bonds. The number of benzene rings is 2. The van der Waals surface area contributed by atoms with Gasteiger partial charge in [0.05, 0.1) is 0 Å². The van der Waals surface area contributed by atoms with Crippen LogP contribution >= 0.6 is 0 Å². The summed E-state index contributed by atoms with van der Waals surface area (Å²) in [5, 5.41) is 4.57. The fraction of sp³-hybridized carbons (Fsp3) is 0.480. The Morgan fingerprint density at radius 3 is 2.26 bits per heavy atom. The van der Waals surface area contributed by atoms with Crippen molar-refractivity contribution in [2.24, 2.45) is 0 Å². The lowest BCUT2D eigenvalue weighted by atomic mass is 9.90. The minimum absolute atomic E-state index is 0.209. The van der Waals surface area contributed by atoms with Gasteiger partial charge in [0.15, 0.2) is 0 Å². The summed E-state index contributed by atoms with van der Waals surface area (Å²) >= 11 is 0. The smallest absolute Gasteiger partial charge is 0.351 e. The molecule has 2 aromatic carbocycles. The van der Waals surface area contributed by atoms with Crippen LogP contribution in [-0.4, -0.2) is 48.8 Å². The fourth-order valence-corrected chi connectivity index (χ4v) is 4.48. The van der Waals surface area contributed by atoms with Gasteiger partial charge in [-0.05, 0) is 79.9 Å². The summed E-state index contributed by atoms with van der Waals surface area (Å²) in [7, 11) is 0. The largest absolute Gasteiger partial charge is 0.426 e. The summed E-state index contributed by atoms with van der Waals surface area (Å²) in [5.41, 5.74) is 3.71. The topological polar surface area (TPSA) is 44.8 Å². The van der Waals surface area contributed by atoms with Gasteiger partial charge < -0.3 is 10.2 Å². The van der Waals surface area contributed by atoms with Gasteiger partial charge in [0, 0.05) is 26.2 Å². The normalized spacial score (nSPS) is 18.2. The lowest BCUT2D eigenvalue weighted by molar-refractivity contribution is -0.113. The second-order valence-electron chi connectivity index (χ2n) is 8.61. The molecule has 2 heterocycles. The van der Waals surface area contributed by atoms with Crippen molar-refractivity contribution in [1.82, 2.24) is 15.3 Å². The molecular weight excluding hydrogens is 393 g/mol. The van der Waals surface area contributed by atoms with Gasteiger partial charge in [0.1, 0.15) is 5.82 Å². The third-order valence-electron chi connectivity index (χ3n) is 6.32. The number of rotatable bonds is 7. The Morgan fingerprint density at radius 2 is 1.58 bits per heavy atom. The first-order valence-electron chi connectivity index (χ1n) is 11.4. The SMILES string of the molecule is O=C(NCCc1ccc(CN2CCCC2)cc1)ON1CCC(c2ccc(F)cc2)CC1. The predicted molar refractivity (Wildman–Crippen MR) is 119 cm³/mol. The molecule has 0 radical (unpaired) electrons. The van der Waals surface area contributed by atoms with E-state index in [2.05, 4.69) is 34.5 Å². The van der Waals surface area contributed by atoms with Crippen molar-refractivity contribution in [3.05, 3.63) is 71.0 Å². The molecule has 1 N–H and O–H groups in total. The number of carbonyl (C=O) groups is 1. The molecule has 0 atom stereocenters. The van der Waals surface area contributed by atoms with Crippen LogP contribution in [0.15, 0.2) is 48.5 Å². The number of amides is 1. The molecule has 2 fully saturated rings. The van der Waals surface area contributed by atoms with Crippen LogP contribution in [0.2, 0.25) is 0 Å². The van der Waals surface area contributed by atoms with Crippen LogP contribution in [0.1, 0.15) is 48.3 Å². The van der Waals surface area contributed by atoms with Gasteiger partial charge in [-0.2, -0.15) is 0 Å². The van der Waals surface area contributed by atoms with E-state index >= 15 is 0 Å². The first-order valence-corrected chi connectivity index (χ1v) is 11.4. The molecule has 4 rings (SSSR count). The number of piperidine rings is 1. The number of carbonyl (C=O) groups excluding carboxylic acids is 1. The maximum absolute atomic E-state index is 13.1. The average Bonchev–Trinajstić information content (AvgIpc) is 3.29. The molecule has 0 unspecified atom stereocenters. The Hall–Kier alpha value is -2.44. The number of halogens is 1. The third kappa shape index (κ3) is 6.52. The van der Waals surface area contributed by atoms with E-state index in [9.17, 15) is 9.18 Å². The van der Waals surface area contributed by atoms with Gasteiger partial charge in [-0.1, -0.05) is 36.4 Å². The molecule has 166 valence electrons. The zero-order valence-corrected chi connectivity index (χ0v) is 18.1. The van der Waals surface area contributed by atoms with E-state index in [1.807, 2.05) is 12.1 Å². The molecule has 2 saturated heterocycles. The van der Waals surface area contributed by atoms with Crippen molar-refractivity contribution < 1.29 is 14.0 Å². The zero-order chi connectivity index (χ0) is 21.5. The molecule has 0 aromatic heterocycles. The van der Waals surface area contributed by atoms with Gasteiger partial charge >= 0.3 is 6.09 Å². The van der Waals surface area contributed by atoms with Crippen molar-refractivity contribution in [1.29, 1.82) is 0 Å². The van der Waals surface area contributed by atoms with Crippen molar-refractivity contribution in [2.45, 2.75) is 44.6 Å². The summed E-state index contributed by atoms with van der Waals surface area (Å²) in [5.74, 6) is 0.177. The molecular formula is C25H32FN3O2. The van der Waals surface area contributed by atoms with Crippen molar-refractivity contribution >= 4 is 6.09 Å². The summed E-state index contributed by atoms with van der Waals surface area (Å²) in [6.45, 7) is 5.37. The molecule has 31 heavy (non-hydrogen) atoms. The standard InChI is InChI=1S/C25H32FN3O2/c26-24-9-7-22(8-10-24)23-12-17-29(18-13-23)31-25(30)27-14-11-20-3-5-21(6-4-20)19-28-15-1-2-16-28/h3-10,23H,1-2,11-19H2,(H,27,30). The summed E-state index contributed by atoms with van der Waals surface area (Å²) in [6, 6.07) is 15.4. The Bertz CT molecular complexity index is 827. The number of likely N-dealkylation sites (tertiary alicyclic amines) is 1. The average molecular weight is 426 g/mol. The number of nitrogens with one attached hydrogen (secondary N) is 1. The molecule has 5 nitrogen and oxygen atoms in total. The fourth-order valence-electron chi connectivity index (χ4n) is 4.48. The number of hydroxylamine groups is 2. The number of hydrogen-bond acceptors (Lipinski definition) is 4. The zero-order valence-electron chi connectivity index (χ0n) is 18.1. The van der Waals surface area contributed by atoms with Gasteiger partial charge in [-0.15, -0.1) is 5.06 Å². The molecule has 0 spiro atoms. The second-order valence-corrected chi connectivity index (χ2v) is 8.61. The van der Waals surface area contributed by atoms with Crippen molar-refractivity contribution in [2.75, 3.05) is 32.7 Å². The van der Waals surface area contributed by atoms with Gasteiger partial charge in [0.2, 0.25) is 0 Å². The van der Waals surface area contributed by atoms with Crippen LogP contribution < -0.4 is 5.32 Å². The highest BCUT2D eigenvalue weighted by Gasteiger charge is 2.23. The molecule has 0 saturated carbocycles. The first kappa shape index (κ1) is 21.8. The van der Waals surface area contributed by atoms with E-state index in [0.29, 0.717) is 25.6 Å². The van der Waals surface area contributed by atoms with Gasteiger partial charge in [-0.25, -0.2) is 9.18 Å². The monoisotopic (exact) mass is 425 g/mol. The third-order valence-corrected chi connectivity index (χ3v) is 6.32. The van der Waals surface area contributed by atoms with Crippen LogP contribution in [0, 0.1) is 5.82 Å². The van der Waals surface area contributed by atoms with E-state index in [1.165, 1.54) is 49.2 Å². The molecule has 6 heteroatoms. The number of hydrogen-bond donors (Lipinski definition) is 1. The van der Waals surface area contributed by atoms with E-state index < -0.39 is 6.09 Å². The number of nitrogens with zero attached hydrogens (tertiary/aromatic N) is 2. The molecule has 0 bridgehead atoms. The summed E-state index contributed by atoms with van der Waals surface area (Å²) < 4.78 is 13.1. The summed E-state index contributed by atoms with van der Waals surface area (Å²) in [6.07, 6.45) is 4.79. The van der Waals surface area contributed by atoms with Crippen LogP contribution in [0.5, 0.6) is 0 Å². The van der Waals surface area contributed by atoms with Gasteiger partial charge in [0.25, 0.3) is 0 Å². The lowest BCUT2D eigenvalue weighted by Crippen LogP contribution is -2.39. The first-order chi connectivity index (χ1) is 15.2. The van der Waals surface area contributed by atoms with E-state index in [0.717, 1.165) is 31.4 Å². The maximum atomic E-state index is 13.1. The Balaban J connectivity index is 1.13. The molecule has 2 aliphatic rings. The maximum Gasteiger partial charge on any atom is 0.426 e. The van der Waals surface area contributed by atoms with Gasteiger partial charge in [-0.3, -0.25) is 4.90 Å². The quantitative estimate of drug-likeness (QED) is 0.710. The van der Waals surface area contributed by atoms with Crippen molar-refractivity contribution in [3.63, 3.8) is 0 Å². The minimum atomic E-state index is -0.397. The van der Waals surface area contributed by atoms with Crippen LogP contribution in [0.25, 0.3) is 0 Å². The Kier molecular flexibility index (Phi) is 7.54. The predicted octanol–water partition coefficient (Wildman–Crippen LogP) is 4.48. The van der Waals surface area contributed by atoms with Crippen LogP contribution in [0.4, 0.5) is 9.18 Å². The van der Waals surface area contributed by atoms with E-state index in [1.54, 1.807) is 5.06 Å². The van der Waals surface area contributed by atoms with Crippen molar-refractivity contribution in [3.8, 4) is 0 Å². The molecule has 2 aliphatic heterocycles. The van der Waals surface area contributed by atoms with Crippen LogP contribution in [-0.2, 0) is 17.8 Å². The van der Waals surface area contributed by atoms with E-state index in [-0.39, 0.29) is 5.82 Å². The minimum Gasteiger partial charge on any atom is -0.351 e.